The van der Waals surface area contributed by atoms with Gasteiger partial charge in [0.05, 0.1) is 10.9 Å². The van der Waals surface area contributed by atoms with Crippen molar-refractivity contribution < 1.29 is 13.2 Å². The Bertz CT molecular complexity index is 1290. The molecule has 3 rings (SSSR count). The number of aliphatic imine (C=N–C) groups is 1. The van der Waals surface area contributed by atoms with Crippen molar-refractivity contribution in [2.24, 2.45) is 10.7 Å². The van der Waals surface area contributed by atoms with Gasteiger partial charge in [0.1, 0.15) is 16.4 Å². The van der Waals surface area contributed by atoms with E-state index in [4.69, 9.17) is 11.5 Å². The Balaban J connectivity index is 2.47. The maximum Gasteiger partial charge on any atom is 0.272 e. The molecule has 1 aromatic heterocycles. The van der Waals surface area contributed by atoms with E-state index in [1.165, 1.54) is 12.1 Å². The van der Waals surface area contributed by atoms with Gasteiger partial charge in [-0.1, -0.05) is 24.8 Å². The van der Waals surface area contributed by atoms with Gasteiger partial charge in [-0.3, -0.25) is 14.6 Å². The van der Waals surface area contributed by atoms with E-state index < -0.39 is 21.1 Å². The van der Waals surface area contributed by atoms with E-state index in [-0.39, 0.29) is 45.0 Å². The van der Waals surface area contributed by atoms with Crippen molar-refractivity contribution in [2.75, 3.05) is 12.3 Å². The number of aryl methyl sites for hydroxylation is 1. The molecule has 0 saturated heterocycles. The zero-order valence-electron chi connectivity index (χ0n) is 17.1. The summed E-state index contributed by atoms with van der Waals surface area (Å²) in [6.07, 6.45) is 0.514. The van der Waals surface area contributed by atoms with Crippen molar-refractivity contribution in [1.82, 2.24) is 10.3 Å². The molecule has 9 nitrogen and oxygen atoms in total. The van der Waals surface area contributed by atoms with Gasteiger partial charge in [0.15, 0.2) is 0 Å². The number of nitrogens with zero attached hydrogens (tertiary/aromatic N) is 1. The summed E-state index contributed by atoms with van der Waals surface area (Å²) >= 11 is 0. The summed E-state index contributed by atoms with van der Waals surface area (Å²) in [5, 5.41) is 2.56. The summed E-state index contributed by atoms with van der Waals surface area (Å²) in [7, 11) is -4.20. The fraction of sp³-hybridized carbons (Fsp3) is 0.190. The summed E-state index contributed by atoms with van der Waals surface area (Å²) < 4.78 is 27.1. The number of dihydropyridines is 1. The van der Waals surface area contributed by atoms with Crippen molar-refractivity contribution in [3.63, 3.8) is 0 Å². The Morgan fingerprint density at radius 2 is 1.90 bits per heavy atom. The molecule has 1 atom stereocenters. The molecule has 1 unspecified atom stereocenters. The number of pyridine rings is 1. The minimum atomic E-state index is -4.20. The van der Waals surface area contributed by atoms with Gasteiger partial charge < -0.3 is 21.8 Å². The van der Waals surface area contributed by atoms with E-state index in [9.17, 15) is 18.0 Å². The molecule has 2 heterocycles. The predicted molar refractivity (Wildman–Crippen MR) is 119 cm³/mol. The lowest BCUT2D eigenvalue weighted by atomic mass is 9.88. The van der Waals surface area contributed by atoms with Gasteiger partial charge in [-0.15, -0.1) is 0 Å². The summed E-state index contributed by atoms with van der Waals surface area (Å²) in [5.41, 5.74) is 12.8. The average molecular weight is 442 g/mol. The minimum absolute atomic E-state index is 0.0281. The summed E-state index contributed by atoms with van der Waals surface area (Å²) in [6.45, 7) is 7.40. The topological polar surface area (TPSA) is 160 Å². The van der Waals surface area contributed by atoms with E-state index in [1.54, 1.807) is 32.0 Å². The fourth-order valence-electron chi connectivity index (χ4n) is 3.55. The number of nitrogens with one attached hydrogen (secondary N) is 2. The Labute approximate surface area is 179 Å². The first-order valence-corrected chi connectivity index (χ1v) is 10.8. The molecule has 0 fully saturated rings. The molecule has 6 N–H and O–H groups in total. The number of hydrogen-bond donors (Lipinski definition) is 4. The van der Waals surface area contributed by atoms with Crippen LogP contribution in [0.1, 0.15) is 18.2 Å². The SMILES string of the molecule is C=C1C(CNC=O)=C(c2c(C)[nH]c(=O)c(N)c2S(=O)(=O)c2ccccc2)C(N)=NC1C. The molecule has 0 spiro atoms. The van der Waals surface area contributed by atoms with Crippen LogP contribution in [0.3, 0.4) is 0 Å². The van der Waals surface area contributed by atoms with Crippen LogP contribution in [0.2, 0.25) is 0 Å². The molecule has 0 aliphatic carbocycles. The van der Waals surface area contributed by atoms with Gasteiger partial charge in [-0.2, -0.15) is 0 Å². The second kappa shape index (κ2) is 8.23. The molecule has 0 radical (unpaired) electrons. The van der Waals surface area contributed by atoms with Crippen LogP contribution in [0, 0.1) is 6.92 Å². The number of amides is 1. The standard InChI is InChI=1S/C21H23N5O4S/c1-11-12(2)25-20(23)17(15(11)9-24-10-27)16-13(3)26-21(28)18(22)19(16)31(29,30)14-7-5-4-6-8-14/h4-8,10,12H,1,9,22H2,2-3H3,(H2,23,25)(H,24,27)(H,26,28). The minimum Gasteiger partial charge on any atom is -0.393 e. The highest BCUT2D eigenvalue weighted by atomic mass is 32.2. The van der Waals surface area contributed by atoms with Crippen LogP contribution in [0.25, 0.3) is 5.57 Å². The molecule has 2 aromatic rings. The maximum atomic E-state index is 13.6. The number of aromatic amines is 1. The van der Waals surface area contributed by atoms with Crippen molar-refractivity contribution >= 4 is 33.3 Å². The number of H-pyrrole nitrogens is 1. The zero-order valence-corrected chi connectivity index (χ0v) is 17.9. The van der Waals surface area contributed by atoms with Gasteiger partial charge in [0, 0.05) is 23.4 Å². The summed E-state index contributed by atoms with van der Waals surface area (Å²) in [6, 6.07) is 7.27. The molecule has 0 saturated carbocycles. The largest absolute Gasteiger partial charge is 0.393 e. The number of carbonyl (C=O) groups excluding carboxylic acids is 1. The van der Waals surface area contributed by atoms with Crippen LogP contribution in [-0.2, 0) is 14.6 Å². The van der Waals surface area contributed by atoms with Crippen LogP contribution in [0.5, 0.6) is 0 Å². The number of carbonyl (C=O) groups is 1. The number of nitrogen functional groups attached to an aromatic ring is 1. The summed E-state index contributed by atoms with van der Waals surface area (Å²) in [5.74, 6) is 0.0571. The zero-order chi connectivity index (χ0) is 22.9. The number of nitrogens with two attached hydrogens (primary N) is 2. The lowest BCUT2D eigenvalue weighted by molar-refractivity contribution is -0.109. The molecular formula is C21H23N5O4S. The molecule has 1 aliphatic heterocycles. The highest BCUT2D eigenvalue weighted by Crippen LogP contribution is 2.38. The number of amidine groups is 1. The molecule has 162 valence electrons. The third-order valence-electron chi connectivity index (χ3n) is 5.11. The smallest absolute Gasteiger partial charge is 0.272 e. The lowest BCUT2D eigenvalue weighted by Crippen LogP contribution is -2.31. The van der Waals surface area contributed by atoms with Gasteiger partial charge >= 0.3 is 0 Å². The average Bonchev–Trinajstić information content (AvgIpc) is 2.73. The first kappa shape index (κ1) is 22.0. The maximum absolute atomic E-state index is 13.6. The van der Waals surface area contributed by atoms with Crippen molar-refractivity contribution in [3.05, 3.63) is 69.7 Å². The number of rotatable bonds is 6. The highest BCUT2D eigenvalue weighted by molar-refractivity contribution is 7.91. The Hall–Kier alpha value is -3.66. The van der Waals surface area contributed by atoms with E-state index in [1.807, 2.05) is 0 Å². The van der Waals surface area contributed by atoms with Gasteiger partial charge in [-0.25, -0.2) is 8.42 Å². The Morgan fingerprint density at radius 1 is 1.26 bits per heavy atom. The molecule has 0 bridgehead atoms. The third-order valence-corrected chi connectivity index (χ3v) is 6.96. The van der Waals surface area contributed by atoms with Crippen molar-refractivity contribution in [1.29, 1.82) is 0 Å². The lowest BCUT2D eigenvalue weighted by Gasteiger charge is -2.27. The third kappa shape index (κ3) is 3.77. The first-order chi connectivity index (χ1) is 14.6. The first-order valence-electron chi connectivity index (χ1n) is 9.37. The second-order valence-electron chi connectivity index (χ2n) is 7.08. The molecule has 1 aromatic carbocycles. The van der Waals surface area contributed by atoms with Crippen LogP contribution in [0.4, 0.5) is 5.69 Å². The Kier molecular flexibility index (Phi) is 5.85. The monoisotopic (exact) mass is 441 g/mol. The molecule has 31 heavy (non-hydrogen) atoms. The fourth-order valence-corrected chi connectivity index (χ4v) is 5.21. The predicted octanol–water partition coefficient (Wildman–Crippen LogP) is 0.913. The van der Waals surface area contributed by atoms with Gasteiger partial charge in [0.25, 0.3) is 5.56 Å². The molecule has 1 aliphatic rings. The summed E-state index contributed by atoms with van der Waals surface area (Å²) in [4.78, 5) is 29.9. The van der Waals surface area contributed by atoms with E-state index in [0.717, 1.165) is 0 Å². The van der Waals surface area contributed by atoms with E-state index in [0.29, 0.717) is 17.6 Å². The number of sulfone groups is 1. The molecule has 1 amide bonds. The van der Waals surface area contributed by atoms with Crippen molar-refractivity contribution in [3.8, 4) is 0 Å². The normalized spacial score (nSPS) is 16.8. The highest BCUT2D eigenvalue weighted by Gasteiger charge is 2.33. The van der Waals surface area contributed by atoms with Gasteiger partial charge in [0.2, 0.25) is 16.2 Å². The molecule has 10 heteroatoms. The molecular weight excluding hydrogens is 418 g/mol. The van der Waals surface area contributed by atoms with E-state index in [2.05, 4.69) is 21.9 Å². The van der Waals surface area contributed by atoms with Crippen LogP contribution in [-0.4, -0.2) is 38.2 Å². The second-order valence-corrected chi connectivity index (χ2v) is 8.97. The van der Waals surface area contributed by atoms with Crippen LogP contribution in [0.15, 0.2) is 67.6 Å². The van der Waals surface area contributed by atoms with Crippen LogP contribution < -0.4 is 22.3 Å². The van der Waals surface area contributed by atoms with E-state index >= 15 is 0 Å². The Morgan fingerprint density at radius 3 is 2.52 bits per heavy atom. The number of anilines is 1. The van der Waals surface area contributed by atoms with Crippen LogP contribution >= 0.6 is 0 Å². The van der Waals surface area contributed by atoms with Gasteiger partial charge in [-0.05, 0) is 37.1 Å². The van der Waals surface area contributed by atoms with Crippen molar-refractivity contribution in [2.45, 2.75) is 29.7 Å². The number of hydrogen-bond acceptors (Lipinski definition) is 7. The number of benzene rings is 1. The number of aromatic nitrogens is 1. The quantitative estimate of drug-likeness (QED) is 0.487.